The molecule has 0 aliphatic rings. The summed E-state index contributed by atoms with van der Waals surface area (Å²) in [7, 11) is 1.63. The van der Waals surface area contributed by atoms with Crippen molar-refractivity contribution in [2.75, 3.05) is 17.7 Å². The van der Waals surface area contributed by atoms with Crippen LogP contribution in [0.1, 0.15) is 0 Å². The normalized spacial score (nSPS) is 10.7. The van der Waals surface area contributed by atoms with E-state index in [4.69, 9.17) is 16.3 Å². The third-order valence-electron chi connectivity index (χ3n) is 4.13. The van der Waals surface area contributed by atoms with Gasteiger partial charge < -0.3 is 15.4 Å². The third-order valence-corrected chi connectivity index (χ3v) is 4.42. The van der Waals surface area contributed by atoms with E-state index in [1.54, 1.807) is 13.2 Å². The van der Waals surface area contributed by atoms with Crippen molar-refractivity contribution in [3.05, 3.63) is 77.6 Å². The van der Waals surface area contributed by atoms with Crippen LogP contribution in [-0.4, -0.2) is 17.1 Å². The molecule has 0 aliphatic heterocycles. The lowest BCUT2D eigenvalue weighted by molar-refractivity contribution is 0.415. The highest BCUT2D eigenvalue weighted by Crippen LogP contribution is 2.28. The fraction of sp³-hybridized carbons (Fsp3) is 0.0476. The van der Waals surface area contributed by atoms with Crippen molar-refractivity contribution in [3.63, 3.8) is 0 Å². The van der Waals surface area contributed by atoms with Gasteiger partial charge in [0.25, 0.3) is 0 Å². The number of nitrogens with zero attached hydrogens (tertiary/aromatic N) is 2. The molecular formula is C21H16ClFN4O. The summed E-state index contributed by atoms with van der Waals surface area (Å²) in [5.74, 6) is 1.31. The molecule has 0 atom stereocenters. The summed E-state index contributed by atoms with van der Waals surface area (Å²) in [6, 6.07) is 19.6. The minimum absolute atomic E-state index is 0.0300. The lowest BCUT2D eigenvalue weighted by Gasteiger charge is -2.12. The zero-order valence-electron chi connectivity index (χ0n) is 14.9. The Labute approximate surface area is 166 Å². The zero-order valence-corrected chi connectivity index (χ0v) is 15.7. The second kappa shape index (κ2) is 7.70. The van der Waals surface area contributed by atoms with Gasteiger partial charge in [-0.05, 0) is 54.6 Å². The predicted octanol–water partition coefficient (Wildman–Crippen LogP) is 5.92. The van der Waals surface area contributed by atoms with Gasteiger partial charge in [-0.25, -0.2) is 9.37 Å². The van der Waals surface area contributed by atoms with Crippen molar-refractivity contribution in [2.24, 2.45) is 0 Å². The summed E-state index contributed by atoms with van der Waals surface area (Å²) in [5, 5.41) is 7.29. The molecule has 4 aromatic rings. The first kappa shape index (κ1) is 18.0. The van der Waals surface area contributed by atoms with Crippen LogP contribution in [0.4, 0.5) is 27.5 Å². The Morgan fingerprint density at radius 1 is 0.893 bits per heavy atom. The molecule has 28 heavy (non-hydrogen) atoms. The van der Waals surface area contributed by atoms with Gasteiger partial charge in [0.05, 0.1) is 17.6 Å². The average Bonchev–Trinajstić information content (AvgIpc) is 2.71. The number of aromatic nitrogens is 2. The van der Waals surface area contributed by atoms with Crippen LogP contribution < -0.4 is 15.4 Å². The second-order valence-corrected chi connectivity index (χ2v) is 6.43. The van der Waals surface area contributed by atoms with Gasteiger partial charge >= 0.3 is 0 Å². The third kappa shape index (κ3) is 3.82. The summed E-state index contributed by atoms with van der Waals surface area (Å²) in [6.45, 7) is 0. The first-order valence-corrected chi connectivity index (χ1v) is 8.90. The average molecular weight is 395 g/mol. The second-order valence-electron chi connectivity index (χ2n) is 6.02. The Hall–Kier alpha value is -3.38. The lowest BCUT2D eigenvalue weighted by Crippen LogP contribution is -2.02. The first-order chi connectivity index (χ1) is 13.6. The number of rotatable bonds is 5. The monoisotopic (exact) mass is 394 g/mol. The van der Waals surface area contributed by atoms with Gasteiger partial charge in [0.1, 0.15) is 17.4 Å². The van der Waals surface area contributed by atoms with E-state index in [1.807, 2.05) is 48.5 Å². The minimum atomic E-state index is -0.478. The molecule has 0 radical (unpaired) electrons. The van der Waals surface area contributed by atoms with Gasteiger partial charge in [-0.2, -0.15) is 4.98 Å². The molecule has 0 aliphatic carbocycles. The van der Waals surface area contributed by atoms with E-state index >= 15 is 0 Å². The largest absolute Gasteiger partial charge is 0.497 e. The number of fused-ring (bicyclic) bond motifs is 1. The molecule has 0 fully saturated rings. The van der Waals surface area contributed by atoms with E-state index in [0.717, 1.165) is 22.3 Å². The number of benzene rings is 3. The molecule has 1 aromatic heterocycles. The predicted molar refractivity (Wildman–Crippen MR) is 111 cm³/mol. The van der Waals surface area contributed by atoms with Crippen molar-refractivity contribution < 1.29 is 9.13 Å². The molecule has 0 saturated carbocycles. The number of anilines is 4. The van der Waals surface area contributed by atoms with Crippen molar-refractivity contribution in [1.29, 1.82) is 0 Å². The summed E-state index contributed by atoms with van der Waals surface area (Å²) >= 11 is 5.86. The zero-order chi connectivity index (χ0) is 19.5. The molecule has 140 valence electrons. The highest BCUT2D eigenvalue weighted by Gasteiger charge is 2.09. The molecule has 0 bridgehead atoms. The summed E-state index contributed by atoms with van der Waals surface area (Å²) in [5.41, 5.74) is 2.22. The number of hydrogen-bond acceptors (Lipinski definition) is 5. The molecule has 4 rings (SSSR count). The van der Waals surface area contributed by atoms with Gasteiger partial charge in [-0.15, -0.1) is 0 Å². The van der Waals surface area contributed by atoms with Crippen LogP contribution in [0.3, 0.4) is 0 Å². The van der Waals surface area contributed by atoms with E-state index < -0.39 is 5.82 Å². The molecule has 1 heterocycles. The fourth-order valence-electron chi connectivity index (χ4n) is 2.74. The van der Waals surface area contributed by atoms with Crippen LogP contribution in [0, 0.1) is 5.82 Å². The Morgan fingerprint density at radius 3 is 2.39 bits per heavy atom. The number of hydrogen-bond donors (Lipinski definition) is 2. The SMILES string of the molecule is COc1ccc(Nc2nc(Nc3ccc(F)c(Cl)c3)nc3ccccc23)cc1. The maximum Gasteiger partial charge on any atom is 0.229 e. The Bertz CT molecular complexity index is 1140. The van der Waals surface area contributed by atoms with E-state index in [0.29, 0.717) is 17.5 Å². The highest BCUT2D eigenvalue weighted by molar-refractivity contribution is 6.31. The molecular weight excluding hydrogens is 379 g/mol. The van der Waals surface area contributed by atoms with E-state index in [2.05, 4.69) is 20.6 Å². The van der Waals surface area contributed by atoms with E-state index in [9.17, 15) is 4.39 Å². The maximum absolute atomic E-state index is 13.4. The summed E-state index contributed by atoms with van der Waals surface area (Å²) in [6.07, 6.45) is 0. The van der Waals surface area contributed by atoms with Crippen LogP contribution in [-0.2, 0) is 0 Å². The standard InChI is InChI=1S/C21H16ClFN4O/c1-28-15-9-6-13(7-10-15)24-20-16-4-2-3-5-19(16)26-21(27-20)25-14-8-11-18(23)17(22)12-14/h2-12H,1H3,(H2,24,25,26,27). The quantitative estimate of drug-likeness (QED) is 0.440. The van der Waals surface area contributed by atoms with E-state index in [-0.39, 0.29) is 5.02 Å². The molecule has 5 nitrogen and oxygen atoms in total. The molecule has 0 spiro atoms. The molecule has 2 N–H and O–H groups in total. The van der Waals surface area contributed by atoms with Gasteiger partial charge in [0.2, 0.25) is 5.95 Å². The molecule has 0 amide bonds. The Balaban J connectivity index is 1.70. The van der Waals surface area contributed by atoms with Gasteiger partial charge in [-0.1, -0.05) is 23.7 Å². The lowest BCUT2D eigenvalue weighted by atomic mass is 10.2. The summed E-state index contributed by atoms with van der Waals surface area (Å²) < 4.78 is 18.6. The molecule has 7 heteroatoms. The Morgan fingerprint density at radius 2 is 1.64 bits per heavy atom. The number of nitrogens with one attached hydrogen (secondary N) is 2. The Kier molecular flexibility index (Phi) is 4.95. The topological polar surface area (TPSA) is 59.1 Å². The van der Waals surface area contributed by atoms with Crippen LogP contribution >= 0.6 is 11.6 Å². The van der Waals surface area contributed by atoms with Crippen LogP contribution in [0.2, 0.25) is 5.02 Å². The van der Waals surface area contributed by atoms with Crippen LogP contribution in [0.25, 0.3) is 10.9 Å². The number of methoxy groups -OCH3 is 1. The fourth-order valence-corrected chi connectivity index (χ4v) is 2.92. The molecule has 0 unspecified atom stereocenters. The van der Waals surface area contributed by atoms with Crippen molar-refractivity contribution in [1.82, 2.24) is 9.97 Å². The summed E-state index contributed by atoms with van der Waals surface area (Å²) in [4.78, 5) is 9.12. The van der Waals surface area contributed by atoms with Crippen molar-refractivity contribution >= 4 is 45.6 Å². The van der Waals surface area contributed by atoms with Gasteiger partial charge in [-0.3, -0.25) is 0 Å². The number of para-hydroxylation sites is 1. The first-order valence-electron chi connectivity index (χ1n) is 8.52. The molecule has 3 aromatic carbocycles. The van der Waals surface area contributed by atoms with Crippen molar-refractivity contribution in [2.45, 2.75) is 0 Å². The number of ether oxygens (including phenoxy) is 1. The van der Waals surface area contributed by atoms with Crippen LogP contribution in [0.15, 0.2) is 66.7 Å². The van der Waals surface area contributed by atoms with E-state index in [1.165, 1.54) is 12.1 Å². The van der Waals surface area contributed by atoms with Crippen molar-refractivity contribution in [3.8, 4) is 5.75 Å². The highest BCUT2D eigenvalue weighted by atomic mass is 35.5. The van der Waals surface area contributed by atoms with Crippen LogP contribution in [0.5, 0.6) is 5.75 Å². The van der Waals surface area contributed by atoms with Gasteiger partial charge in [0.15, 0.2) is 0 Å². The molecule has 0 saturated heterocycles. The minimum Gasteiger partial charge on any atom is -0.497 e. The maximum atomic E-state index is 13.4. The number of halogens is 2. The smallest absolute Gasteiger partial charge is 0.229 e. The van der Waals surface area contributed by atoms with Gasteiger partial charge in [0, 0.05) is 16.8 Å².